The highest BCUT2D eigenvalue weighted by Crippen LogP contribution is 2.33. The Bertz CT molecular complexity index is 1190. The zero-order valence-corrected chi connectivity index (χ0v) is 19.7. The Morgan fingerprint density at radius 3 is 2.19 bits per heavy atom. The van der Waals surface area contributed by atoms with Gasteiger partial charge < -0.3 is 9.47 Å². The molecule has 176 valence electrons. The zero-order chi connectivity index (χ0) is 24.1. The Morgan fingerprint density at radius 2 is 1.66 bits per heavy atom. The Labute approximate surface area is 187 Å². The standard InChI is InChI=1S/C19H25N3O8S2/c1-5-21(6-2)32(27,28)19-12-14(8-10-17(19)30-7-3)20-31(25,26)18-11-9-15(29-4)13-16(18)22(23)24/h8-13,20H,5-7H2,1-4H3. The van der Waals surface area contributed by atoms with E-state index < -0.39 is 35.6 Å². The Hall–Kier alpha value is -2.90. The molecule has 0 heterocycles. The lowest BCUT2D eigenvalue weighted by Gasteiger charge is -2.21. The molecule has 2 aromatic rings. The highest BCUT2D eigenvalue weighted by Gasteiger charge is 2.29. The van der Waals surface area contributed by atoms with E-state index >= 15 is 0 Å². The van der Waals surface area contributed by atoms with E-state index in [4.69, 9.17) is 9.47 Å². The number of sulfonamides is 2. The van der Waals surface area contributed by atoms with E-state index in [9.17, 15) is 26.9 Å². The van der Waals surface area contributed by atoms with Gasteiger partial charge in [-0.25, -0.2) is 16.8 Å². The summed E-state index contributed by atoms with van der Waals surface area (Å²) < 4.78 is 65.7. The molecule has 0 unspecified atom stereocenters. The molecule has 0 aliphatic heterocycles. The van der Waals surface area contributed by atoms with Gasteiger partial charge in [0.05, 0.1) is 30.4 Å². The minimum Gasteiger partial charge on any atom is -0.497 e. The molecule has 0 saturated carbocycles. The van der Waals surface area contributed by atoms with Gasteiger partial charge in [-0.05, 0) is 37.3 Å². The lowest BCUT2D eigenvalue weighted by atomic mass is 10.3. The number of anilines is 1. The molecule has 0 aliphatic carbocycles. The third-order valence-electron chi connectivity index (χ3n) is 4.47. The van der Waals surface area contributed by atoms with Crippen LogP contribution in [0.15, 0.2) is 46.2 Å². The predicted octanol–water partition coefficient (Wildman–Crippen LogP) is 2.83. The first-order chi connectivity index (χ1) is 15.0. The van der Waals surface area contributed by atoms with Crippen LogP contribution in [0.3, 0.4) is 0 Å². The second-order valence-corrected chi connectivity index (χ2v) is 9.94. The molecule has 0 aromatic heterocycles. The van der Waals surface area contributed by atoms with E-state index in [0.29, 0.717) is 0 Å². The molecular formula is C19H25N3O8S2. The Kier molecular flexibility index (Phi) is 8.04. The average Bonchev–Trinajstić information content (AvgIpc) is 2.74. The van der Waals surface area contributed by atoms with Gasteiger partial charge in [0.15, 0.2) is 4.90 Å². The second-order valence-electron chi connectivity index (χ2n) is 6.38. The fourth-order valence-electron chi connectivity index (χ4n) is 2.95. The first kappa shape index (κ1) is 25.4. The third kappa shape index (κ3) is 5.29. The fourth-order valence-corrected chi connectivity index (χ4v) is 5.77. The maximum atomic E-state index is 13.1. The quantitative estimate of drug-likeness (QED) is 0.376. The van der Waals surface area contributed by atoms with Crippen LogP contribution in [0, 0.1) is 10.1 Å². The van der Waals surface area contributed by atoms with Crippen molar-refractivity contribution >= 4 is 31.4 Å². The highest BCUT2D eigenvalue weighted by molar-refractivity contribution is 7.93. The summed E-state index contributed by atoms with van der Waals surface area (Å²) in [5.74, 6) is 0.182. The number of nitrogens with zero attached hydrogens (tertiary/aromatic N) is 2. The van der Waals surface area contributed by atoms with Crippen molar-refractivity contribution in [1.82, 2.24) is 4.31 Å². The summed E-state index contributed by atoms with van der Waals surface area (Å²) in [4.78, 5) is 9.74. The van der Waals surface area contributed by atoms with Gasteiger partial charge in [0.25, 0.3) is 15.7 Å². The van der Waals surface area contributed by atoms with Crippen LogP contribution in [-0.4, -0.2) is 52.9 Å². The molecule has 0 bridgehead atoms. The first-order valence-corrected chi connectivity index (χ1v) is 12.6. The van der Waals surface area contributed by atoms with E-state index in [0.717, 1.165) is 18.2 Å². The molecule has 2 rings (SSSR count). The molecule has 2 aromatic carbocycles. The van der Waals surface area contributed by atoms with E-state index in [2.05, 4.69) is 4.72 Å². The molecule has 32 heavy (non-hydrogen) atoms. The number of nitrogens with one attached hydrogen (secondary N) is 1. The summed E-state index contributed by atoms with van der Waals surface area (Å²) in [5.41, 5.74) is -0.775. The van der Waals surface area contributed by atoms with Gasteiger partial charge in [-0.1, -0.05) is 13.8 Å². The van der Waals surface area contributed by atoms with E-state index in [1.165, 1.54) is 29.6 Å². The molecule has 0 spiro atoms. The van der Waals surface area contributed by atoms with Crippen LogP contribution in [0.1, 0.15) is 20.8 Å². The summed E-state index contributed by atoms with van der Waals surface area (Å²) in [7, 11) is -7.11. The minimum absolute atomic E-state index is 0.0674. The van der Waals surface area contributed by atoms with Crippen LogP contribution in [0.5, 0.6) is 11.5 Å². The maximum Gasteiger partial charge on any atom is 0.293 e. The molecule has 11 nitrogen and oxygen atoms in total. The molecule has 0 radical (unpaired) electrons. The smallest absolute Gasteiger partial charge is 0.293 e. The van der Waals surface area contributed by atoms with Crippen LogP contribution < -0.4 is 14.2 Å². The fraction of sp³-hybridized carbons (Fsp3) is 0.368. The number of ether oxygens (including phenoxy) is 2. The number of methoxy groups -OCH3 is 1. The highest BCUT2D eigenvalue weighted by atomic mass is 32.2. The SMILES string of the molecule is CCOc1ccc(NS(=O)(=O)c2ccc(OC)cc2[N+](=O)[O-])cc1S(=O)(=O)N(CC)CC. The van der Waals surface area contributed by atoms with Gasteiger partial charge in [-0.3, -0.25) is 14.8 Å². The topological polar surface area (TPSA) is 145 Å². The number of benzene rings is 2. The van der Waals surface area contributed by atoms with Crippen LogP contribution in [-0.2, 0) is 20.0 Å². The molecule has 0 aliphatic rings. The lowest BCUT2D eigenvalue weighted by Crippen LogP contribution is -2.31. The van der Waals surface area contributed by atoms with E-state index in [-0.39, 0.29) is 41.8 Å². The van der Waals surface area contributed by atoms with Gasteiger partial charge >= 0.3 is 0 Å². The summed E-state index contributed by atoms with van der Waals surface area (Å²) in [6, 6.07) is 7.09. The van der Waals surface area contributed by atoms with Crippen LogP contribution >= 0.6 is 0 Å². The summed E-state index contributed by atoms with van der Waals surface area (Å²) >= 11 is 0. The van der Waals surface area contributed by atoms with Crippen molar-refractivity contribution in [3.63, 3.8) is 0 Å². The normalized spacial score (nSPS) is 11.9. The van der Waals surface area contributed by atoms with E-state index in [1.54, 1.807) is 20.8 Å². The van der Waals surface area contributed by atoms with Crippen molar-refractivity contribution in [2.24, 2.45) is 0 Å². The van der Waals surface area contributed by atoms with Gasteiger partial charge in [-0.15, -0.1) is 0 Å². The molecule has 0 saturated heterocycles. The molecule has 0 fully saturated rings. The molecule has 0 atom stereocenters. The van der Waals surface area contributed by atoms with Crippen molar-refractivity contribution in [3.05, 3.63) is 46.5 Å². The maximum absolute atomic E-state index is 13.1. The summed E-state index contributed by atoms with van der Waals surface area (Å²) in [6.07, 6.45) is 0. The lowest BCUT2D eigenvalue weighted by molar-refractivity contribution is -0.387. The van der Waals surface area contributed by atoms with Crippen molar-refractivity contribution in [3.8, 4) is 11.5 Å². The number of nitro benzene ring substituents is 1. The number of rotatable bonds is 11. The van der Waals surface area contributed by atoms with Gasteiger partial charge in [0.2, 0.25) is 10.0 Å². The van der Waals surface area contributed by atoms with Gasteiger partial charge in [0, 0.05) is 13.1 Å². The number of hydrogen-bond donors (Lipinski definition) is 1. The largest absolute Gasteiger partial charge is 0.497 e. The zero-order valence-electron chi connectivity index (χ0n) is 18.1. The molecule has 1 N–H and O–H groups in total. The van der Waals surface area contributed by atoms with E-state index in [1.807, 2.05) is 0 Å². The van der Waals surface area contributed by atoms with Crippen molar-refractivity contribution in [1.29, 1.82) is 0 Å². The summed E-state index contributed by atoms with van der Waals surface area (Å²) in [5, 5.41) is 11.4. The average molecular weight is 488 g/mol. The minimum atomic E-state index is -4.43. The van der Waals surface area contributed by atoms with Gasteiger partial charge in [-0.2, -0.15) is 4.31 Å². The van der Waals surface area contributed by atoms with Crippen LogP contribution in [0.25, 0.3) is 0 Å². The first-order valence-electron chi connectivity index (χ1n) is 9.64. The third-order valence-corrected chi connectivity index (χ3v) is 7.97. The predicted molar refractivity (Wildman–Crippen MR) is 118 cm³/mol. The van der Waals surface area contributed by atoms with Crippen LogP contribution in [0.2, 0.25) is 0 Å². The van der Waals surface area contributed by atoms with Gasteiger partial charge in [0.1, 0.15) is 16.4 Å². The Morgan fingerprint density at radius 1 is 1.00 bits per heavy atom. The summed E-state index contributed by atoms with van der Waals surface area (Å²) in [6.45, 7) is 5.65. The Balaban J connectivity index is 2.57. The molecular weight excluding hydrogens is 462 g/mol. The van der Waals surface area contributed by atoms with Crippen LogP contribution in [0.4, 0.5) is 11.4 Å². The monoisotopic (exact) mass is 487 g/mol. The van der Waals surface area contributed by atoms with Crippen molar-refractivity contribution < 1.29 is 31.2 Å². The number of hydrogen-bond acceptors (Lipinski definition) is 8. The van der Waals surface area contributed by atoms with Crippen molar-refractivity contribution in [2.45, 2.75) is 30.6 Å². The second kappa shape index (κ2) is 10.1. The molecule has 0 amide bonds. The van der Waals surface area contributed by atoms with Crippen molar-refractivity contribution in [2.75, 3.05) is 31.5 Å². The number of nitro groups is 1. The molecule has 13 heteroatoms.